The molecule has 100 valence electrons. The lowest BCUT2D eigenvalue weighted by molar-refractivity contribution is 0.293. The van der Waals surface area contributed by atoms with E-state index >= 15 is 0 Å². The monoisotopic (exact) mass is 257 g/mol. The number of benzene rings is 1. The lowest BCUT2D eigenvalue weighted by Gasteiger charge is -2.36. The highest BCUT2D eigenvalue weighted by Crippen LogP contribution is 2.32. The Morgan fingerprint density at radius 1 is 1.16 bits per heavy atom. The average molecular weight is 257 g/mol. The van der Waals surface area contributed by atoms with E-state index in [4.69, 9.17) is 5.21 Å². The first-order valence-electron chi connectivity index (χ1n) is 6.98. The SMILES string of the molecule is O/N=C1/CC(c2ccccc2)N2CCCCCC2=N1. The van der Waals surface area contributed by atoms with E-state index in [0.717, 1.165) is 18.8 Å². The topological polar surface area (TPSA) is 48.2 Å². The molecule has 0 spiro atoms. The van der Waals surface area contributed by atoms with Gasteiger partial charge in [0.15, 0.2) is 5.84 Å². The minimum absolute atomic E-state index is 0.262. The summed E-state index contributed by atoms with van der Waals surface area (Å²) in [6, 6.07) is 10.7. The van der Waals surface area contributed by atoms with Gasteiger partial charge in [0.05, 0.1) is 6.04 Å². The van der Waals surface area contributed by atoms with E-state index < -0.39 is 0 Å². The number of hydrogen-bond donors (Lipinski definition) is 1. The van der Waals surface area contributed by atoms with E-state index in [9.17, 15) is 0 Å². The van der Waals surface area contributed by atoms with Crippen molar-refractivity contribution in [3.05, 3.63) is 35.9 Å². The molecule has 1 unspecified atom stereocenters. The van der Waals surface area contributed by atoms with Crippen LogP contribution >= 0.6 is 0 Å². The van der Waals surface area contributed by atoms with Crippen LogP contribution in [0.25, 0.3) is 0 Å². The first-order valence-corrected chi connectivity index (χ1v) is 6.98. The number of aliphatic imine (C=N–C) groups is 1. The summed E-state index contributed by atoms with van der Waals surface area (Å²) in [7, 11) is 0. The van der Waals surface area contributed by atoms with E-state index in [-0.39, 0.29) is 6.04 Å². The lowest BCUT2D eigenvalue weighted by Crippen LogP contribution is -2.39. The van der Waals surface area contributed by atoms with Gasteiger partial charge in [-0.3, -0.25) is 0 Å². The van der Waals surface area contributed by atoms with Gasteiger partial charge in [0.2, 0.25) is 0 Å². The normalized spacial score (nSPS) is 25.7. The van der Waals surface area contributed by atoms with Crippen molar-refractivity contribution in [2.75, 3.05) is 6.54 Å². The van der Waals surface area contributed by atoms with Gasteiger partial charge in [-0.2, -0.15) is 0 Å². The zero-order valence-electron chi connectivity index (χ0n) is 11.0. The smallest absolute Gasteiger partial charge is 0.171 e. The Bertz CT molecular complexity index is 495. The van der Waals surface area contributed by atoms with Crippen LogP contribution in [0.1, 0.15) is 43.7 Å². The largest absolute Gasteiger partial charge is 0.409 e. The number of amidine groups is 2. The predicted octanol–water partition coefficient (Wildman–Crippen LogP) is 3.19. The highest BCUT2D eigenvalue weighted by atomic mass is 16.4. The second kappa shape index (κ2) is 5.43. The Labute approximate surface area is 113 Å². The summed E-state index contributed by atoms with van der Waals surface area (Å²) in [4.78, 5) is 6.90. The van der Waals surface area contributed by atoms with Crippen LogP contribution in [0.15, 0.2) is 40.5 Å². The van der Waals surface area contributed by atoms with Gasteiger partial charge in [0, 0.05) is 19.4 Å². The van der Waals surface area contributed by atoms with Crippen molar-refractivity contribution in [3.63, 3.8) is 0 Å². The molecule has 3 rings (SSSR count). The highest BCUT2D eigenvalue weighted by Gasteiger charge is 2.30. The second-order valence-corrected chi connectivity index (χ2v) is 5.18. The van der Waals surface area contributed by atoms with E-state index in [1.807, 2.05) is 6.07 Å². The van der Waals surface area contributed by atoms with Gasteiger partial charge in [-0.05, 0) is 18.4 Å². The molecule has 0 saturated carbocycles. The first-order chi connectivity index (χ1) is 9.38. The molecule has 1 atom stereocenters. The Hall–Kier alpha value is -1.84. The van der Waals surface area contributed by atoms with Crippen LogP contribution in [0.3, 0.4) is 0 Å². The van der Waals surface area contributed by atoms with Gasteiger partial charge in [0.25, 0.3) is 0 Å². The first kappa shape index (κ1) is 12.2. The quantitative estimate of drug-likeness (QED) is 0.620. The fourth-order valence-corrected chi connectivity index (χ4v) is 2.98. The Morgan fingerprint density at radius 3 is 2.79 bits per heavy atom. The van der Waals surface area contributed by atoms with Crippen LogP contribution in [0.5, 0.6) is 0 Å². The second-order valence-electron chi connectivity index (χ2n) is 5.18. The standard InChI is InChI=1S/C15H19N3O/c19-17-14-11-13(12-7-3-1-4-8-12)18-10-6-2-5-9-15(18)16-14/h1,3-4,7-8,13,19H,2,5-6,9-11H2/b17-14-. The van der Waals surface area contributed by atoms with Gasteiger partial charge >= 0.3 is 0 Å². The molecule has 0 amide bonds. The van der Waals surface area contributed by atoms with Gasteiger partial charge in [-0.25, -0.2) is 4.99 Å². The van der Waals surface area contributed by atoms with Gasteiger partial charge < -0.3 is 10.1 Å². The van der Waals surface area contributed by atoms with Crippen molar-refractivity contribution < 1.29 is 5.21 Å². The molecule has 1 saturated heterocycles. The zero-order valence-corrected chi connectivity index (χ0v) is 11.0. The van der Waals surface area contributed by atoms with Crippen LogP contribution in [0, 0.1) is 0 Å². The maximum absolute atomic E-state index is 9.08. The number of oxime groups is 1. The maximum Gasteiger partial charge on any atom is 0.171 e. The highest BCUT2D eigenvalue weighted by molar-refractivity contribution is 5.99. The third kappa shape index (κ3) is 2.48. The molecule has 2 aliphatic rings. The molecule has 0 bridgehead atoms. The van der Waals surface area contributed by atoms with E-state index in [1.54, 1.807) is 0 Å². The molecule has 4 nitrogen and oxygen atoms in total. The van der Waals surface area contributed by atoms with E-state index in [2.05, 4.69) is 39.3 Å². The fourth-order valence-electron chi connectivity index (χ4n) is 2.98. The van der Waals surface area contributed by atoms with Crippen LogP contribution in [0.2, 0.25) is 0 Å². The maximum atomic E-state index is 9.08. The van der Waals surface area contributed by atoms with Crippen LogP contribution in [-0.2, 0) is 0 Å². The van der Waals surface area contributed by atoms with Crippen molar-refractivity contribution in [2.45, 2.75) is 38.1 Å². The van der Waals surface area contributed by atoms with Crippen molar-refractivity contribution in [1.82, 2.24) is 4.90 Å². The summed E-state index contributed by atoms with van der Waals surface area (Å²) in [6.45, 7) is 1.05. The molecule has 1 fully saturated rings. The third-order valence-electron chi connectivity index (χ3n) is 3.94. The predicted molar refractivity (Wildman–Crippen MR) is 75.6 cm³/mol. The van der Waals surface area contributed by atoms with Crippen LogP contribution < -0.4 is 0 Å². The minimum Gasteiger partial charge on any atom is -0.409 e. The lowest BCUT2D eigenvalue weighted by atomic mass is 9.99. The molecule has 1 aromatic rings. The fraction of sp³-hybridized carbons (Fsp3) is 0.467. The van der Waals surface area contributed by atoms with Crippen LogP contribution in [-0.4, -0.2) is 28.3 Å². The van der Waals surface area contributed by atoms with E-state index in [1.165, 1.54) is 24.8 Å². The van der Waals surface area contributed by atoms with Crippen molar-refractivity contribution >= 4 is 11.7 Å². The molecule has 2 aliphatic heterocycles. The summed E-state index contributed by atoms with van der Waals surface area (Å²) in [5.74, 6) is 1.65. The Kier molecular flexibility index (Phi) is 3.49. The zero-order chi connectivity index (χ0) is 13.1. The third-order valence-corrected chi connectivity index (χ3v) is 3.94. The number of fused-ring (bicyclic) bond motifs is 1. The Balaban J connectivity index is 1.97. The van der Waals surface area contributed by atoms with Crippen molar-refractivity contribution in [1.29, 1.82) is 0 Å². The number of rotatable bonds is 1. The average Bonchev–Trinajstić information content (AvgIpc) is 2.72. The number of nitrogens with zero attached hydrogens (tertiary/aromatic N) is 3. The summed E-state index contributed by atoms with van der Waals surface area (Å²) in [6.07, 6.45) is 5.32. The summed E-state index contributed by atoms with van der Waals surface area (Å²) >= 11 is 0. The van der Waals surface area contributed by atoms with Gasteiger partial charge in [-0.1, -0.05) is 41.9 Å². The van der Waals surface area contributed by atoms with Gasteiger partial charge in [-0.15, -0.1) is 0 Å². The molecule has 0 aliphatic carbocycles. The number of hydrogen-bond acceptors (Lipinski definition) is 3. The Morgan fingerprint density at radius 2 is 2.00 bits per heavy atom. The molecule has 4 heteroatoms. The molecule has 1 N–H and O–H groups in total. The van der Waals surface area contributed by atoms with Crippen molar-refractivity contribution in [2.24, 2.45) is 10.1 Å². The molecule has 19 heavy (non-hydrogen) atoms. The molecule has 2 heterocycles. The summed E-state index contributed by atoms with van der Waals surface area (Å²) < 4.78 is 0. The minimum atomic E-state index is 0.262. The molecular weight excluding hydrogens is 238 g/mol. The molecule has 0 radical (unpaired) electrons. The summed E-state index contributed by atoms with van der Waals surface area (Å²) in [5, 5.41) is 12.4. The van der Waals surface area contributed by atoms with E-state index in [0.29, 0.717) is 12.3 Å². The summed E-state index contributed by atoms with van der Waals surface area (Å²) in [5.41, 5.74) is 1.28. The molecule has 1 aromatic carbocycles. The van der Waals surface area contributed by atoms with Crippen LogP contribution in [0.4, 0.5) is 0 Å². The van der Waals surface area contributed by atoms with Gasteiger partial charge in [0.1, 0.15) is 5.84 Å². The molecule has 0 aromatic heterocycles. The van der Waals surface area contributed by atoms with Crippen molar-refractivity contribution in [3.8, 4) is 0 Å². The molecular formula is C15H19N3O.